The quantitative estimate of drug-likeness (QED) is 0.467. The zero-order valence-electron chi connectivity index (χ0n) is 17.1. The van der Waals surface area contributed by atoms with Gasteiger partial charge in [0.05, 0.1) is 11.1 Å². The minimum absolute atomic E-state index is 0.0889. The van der Waals surface area contributed by atoms with E-state index in [0.29, 0.717) is 0 Å². The minimum atomic E-state index is -4.35. The van der Waals surface area contributed by atoms with Gasteiger partial charge in [0, 0.05) is 13.0 Å². The lowest BCUT2D eigenvalue weighted by Crippen LogP contribution is -2.38. The van der Waals surface area contributed by atoms with Crippen LogP contribution in [0.4, 0.5) is 8.78 Å². The first-order valence-electron chi connectivity index (χ1n) is 9.28. The number of halogens is 2. The summed E-state index contributed by atoms with van der Waals surface area (Å²) >= 11 is 0. The van der Waals surface area contributed by atoms with Crippen molar-refractivity contribution in [3.63, 3.8) is 0 Å². The maximum absolute atomic E-state index is 14.2. The van der Waals surface area contributed by atoms with Crippen LogP contribution in [0.25, 0.3) is 0 Å². The molecule has 0 aliphatic rings. The van der Waals surface area contributed by atoms with E-state index in [4.69, 9.17) is 19.3 Å². The highest BCUT2D eigenvalue weighted by atomic mass is 19.3. The first-order chi connectivity index (χ1) is 14.6. The van der Waals surface area contributed by atoms with Gasteiger partial charge in [-0.1, -0.05) is 44.2 Å². The zero-order valence-corrected chi connectivity index (χ0v) is 17.1. The van der Waals surface area contributed by atoms with Crippen LogP contribution >= 0.6 is 0 Å². The van der Waals surface area contributed by atoms with Gasteiger partial charge in [0.2, 0.25) is 12.4 Å². The molecule has 0 aromatic heterocycles. The fourth-order valence-electron chi connectivity index (χ4n) is 2.64. The Hall–Kier alpha value is -3.33. The fourth-order valence-corrected chi connectivity index (χ4v) is 2.64. The van der Waals surface area contributed by atoms with Gasteiger partial charge in [0.25, 0.3) is 0 Å². The molecule has 0 saturated carbocycles. The van der Waals surface area contributed by atoms with Gasteiger partial charge >= 0.3 is 23.8 Å². The number of alkyl halides is 2. The van der Waals surface area contributed by atoms with Gasteiger partial charge in [-0.15, -0.1) is 0 Å². The highest BCUT2D eigenvalue weighted by molar-refractivity contribution is 5.93. The van der Waals surface area contributed by atoms with E-state index in [-0.39, 0.29) is 22.6 Å². The molecule has 0 amide bonds. The van der Waals surface area contributed by atoms with Crippen molar-refractivity contribution < 1.29 is 42.5 Å². The number of hydrogen-bond acceptors (Lipinski definition) is 6. The zero-order chi connectivity index (χ0) is 23.2. The number of esters is 2. The van der Waals surface area contributed by atoms with Crippen molar-refractivity contribution in [1.82, 2.24) is 0 Å². The number of hydrogen-bond donors (Lipinski definition) is 1. The number of rotatable bonds is 9. The molecule has 9 heteroatoms. The molecule has 166 valence electrons. The Balaban J connectivity index is 2.20. The molecule has 0 heterocycles. The standard InChI is InChI=1S/C22H22F2O7/c1-13(2)20(29-3)31-19(26)16-11-9-15(10-12-16)18(25)30-17(22(23,24)21(27)28)14-7-5-4-6-8-14/h4-13,17,20H,1-3H3,(H,27,28). The van der Waals surface area contributed by atoms with Gasteiger partial charge < -0.3 is 19.3 Å². The number of ether oxygens (including phenoxy) is 3. The van der Waals surface area contributed by atoms with Crippen molar-refractivity contribution in [3.05, 3.63) is 71.3 Å². The summed E-state index contributed by atoms with van der Waals surface area (Å²) in [5.74, 6) is -8.74. The third-order valence-corrected chi connectivity index (χ3v) is 4.30. The monoisotopic (exact) mass is 436 g/mol. The smallest absolute Gasteiger partial charge is 0.382 e. The van der Waals surface area contributed by atoms with Crippen LogP contribution < -0.4 is 0 Å². The topological polar surface area (TPSA) is 99.1 Å². The highest BCUT2D eigenvalue weighted by Gasteiger charge is 2.51. The molecular formula is C22H22F2O7. The predicted molar refractivity (Wildman–Crippen MR) is 105 cm³/mol. The summed E-state index contributed by atoms with van der Waals surface area (Å²) in [6.45, 7) is 3.60. The second-order valence-corrected chi connectivity index (χ2v) is 6.95. The summed E-state index contributed by atoms with van der Waals surface area (Å²) in [6.07, 6.45) is -3.10. The Kier molecular flexibility index (Phi) is 7.82. The Labute approximate surface area is 177 Å². The van der Waals surface area contributed by atoms with Gasteiger partial charge in [-0.3, -0.25) is 0 Å². The van der Waals surface area contributed by atoms with Gasteiger partial charge in [-0.25, -0.2) is 14.4 Å². The van der Waals surface area contributed by atoms with Crippen molar-refractivity contribution in [2.24, 2.45) is 5.92 Å². The summed E-state index contributed by atoms with van der Waals surface area (Å²) in [5.41, 5.74) is -0.219. The Morgan fingerprint density at radius 3 is 1.77 bits per heavy atom. The average molecular weight is 436 g/mol. The van der Waals surface area contributed by atoms with Crippen molar-refractivity contribution in [2.45, 2.75) is 32.2 Å². The van der Waals surface area contributed by atoms with Crippen LogP contribution in [-0.2, 0) is 19.0 Å². The van der Waals surface area contributed by atoms with Gasteiger partial charge in [-0.2, -0.15) is 8.78 Å². The van der Waals surface area contributed by atoms with E-state index in [1.54, 1.807) is 19.9 Å². The number of carboxylic acid groups (broad SMARTS) is 1. The van der Waals surface area contributed by atoms with E-state index in [1.165, 1.54) is 55.6 Å². The molecule has 0 spiro atoms. The van der Waals surface area contributed by atoms with Gasteiger partial charge in [0.15, 0.2) is 0 Å². The van der Waals surface area contributed by atoms with Gasteiger partial charge in [0.1, 0.15) is 0 Å². The molecule has 0 aliphatic heterocycles. The van der Waals surface area contributed by atoms with Crippen LogP contribution in [0.3, 0.4) is 0 Å². The number of aliphatic carboxylic acids is 1. The van der Waals surface area contributed by atoms with Crippen LogP contribution in [-0.4, -0.2) is 42.3 Å². The van der Waals surface area contributed by atoms with E-state index in [1.807, 2.05) is 0 Å². The molecular weight excluding hydrogens is 414 g/mol. The summed E-state index contributed by atoms with van der Waals surface area (Å²) in [6, 6.07) is 11.7. The number of benzene rings is 2. The number of carbonyl (C=O) groups is 3. The highest BCUT2D eigenvalue weighted by Crippen LogP contribution is 2.35. The van der Waals surface area contributed by atoms with Crippen LogP contribution in [0.15, 0.2) is 54.6 Å². The Bertz CT molecular complexity index is 911. The number of methoxy groups -OCH3 is 1. The van der Waals surface area contributed by atoms with Crippen LogP contribution in [0.1, 0.15) is 46.2 Å². The molecule has 2 aromatic carbocycles. The van der Waals surface area contributed by atoms with Crippen LogP contribution in [0.5, 0.6) is 0 Å². The van der Waals surface area contributed by atoms with E-state index in [9.17, 15) is 23.2 Å². The number of carbonyl (C=O) groups excluding carboxylic acids is 2. The maximum atomic E-state index is 14.2. The lowest BCUT2D eigenvalue weighted by atomic mass is 10.0. The predicted octanol–water partition coefficient (Wildman–Crippen LogP) is 4.09. The fraction of sp³-hybridized carbons (Fsp3) is 0.318. The average Bonchev–Trinajstić information content (AvgIpc) is 2.75. The largest absolute Gasteiger partial charge is 0.477 e. The third-order valence-electron chi connectivity index (χ3n) is 4.30. The molecule has 31 heavy (non-hydrogen) atoms. The van der Waals surface area contributed by atoms with E-state index in [2.05, 4.69) is 0 Å². The Morgan fingerprint density at radius 2 is 1.35 bits per heavy atom. The summed E-state index contributed by atoms with van der Waals surface area (Å²) in [7, 11) is 1.40. The van der Waals surface area contributed by atoms with E-state index in [0.717, 1.165) is 0 Å². The molecule has 1 N–H and O–H groups in total. The molecule has 2 atom stereocenters. The van der Waals surface area contributed by atoms with Crippen molar-refractivity contribution in [1.29, 1.82) is 0 Å². The first kappa shape index (κ1) is 23.9. The van der Waals surface area contributed by atoms with Crippen LogP contribution in [0.2, 0.25) is 0 Å². The Morgan fingerprint density at radius 1 is 0.871 bits per heavy atom. The molecule has 0 saturated heterocycles. The molecule has 0 radical (unpaired) electrons. The molecule has 0 aliphatic carbocycles. The molecule has 7 nitrogen and oxygen atoms in total. The summed E-state index contributed by atoms with van der Waals surface area (Å²) in [4.78, 5) is 35.6. The second-order valence-electron chi connectivity index (χ2n) is 6.95. The normalized spacial score (nSPS) is 13.4. The number of carboxylic acids is 1. The second kappa shape index (κ2) is 10.1. The summed E-state index contributed by atoms with van der Waals surface area (Å²) < 4.78 is 43.5. The molecule has 2 unspecified atom stereocenters. The third kappa shape index (κ3) is 5.85. The first-order valence-corrected chi connectivity index (χ1v) is 9.28. The molecule has 2 aromatic rings. The molecule has 0 fully saturated rings. The molecule has 2 rings (SSSR count). The van der Waals surface area contributed by atoms with Crippen molar-refractivity contribution >= 4 is 17.9 Å². The van der Waals surface area contributed by atoms with Crippen molar-refractivity contribution in [3.8, 4) is 0 Å². The van der Waals surface area contributed by atoms with Crippen molar-refractivity contribution in [2.75, 3.05) is 7.11 Å². The minimum Gasteiger partial charge on any atom is -0.477 e. The SMILES string of the molecule is COC(OC(=O)c1ccc(C(=O)OC(c2ccccc2)C(F)(F)C(=O)O)cc1)C(C)C. The van der Waals surface area contributed by atoms with E-state index >= 15 is 0 Å². The molecule has 0 bridgehead atoms. The summed E-state index contributed by atoms with van der Waals surface area (Å²) in [5, 5.41) is 8.88. The van der Waals surface area contributed by atoms with E-state index < -0.39 is 36.2 Å². The lowest BCUT2D eigenvalue weighted by Gasteiger charge is -2.24. The maximum Gasteiger partial charge on any atom is 0.382 e. The lowest BCUT2D eigenvalue weighted by molar-refractivity contribution is -0.183. The van der Waals surface area contributed by atoms with Gasteiger partial charge in [-0.05, 0) is 29.8 Å². The van der Waals surface area contributed by atoms with Crippen LogP contribution in [0, 0.1) is 5.92 Å².